The van der Waals surface area contributed by atoms with Crippen molar-refractivity contribution in [2.75, 3.05) is 19.7 Å². The van der Waals surface area contributed by atoms with Gasteiger partial charge in [-0.2, -0.15) is 0 Å². The second-order valence-electron chi connectivity index (χ2n) is 4.15. The monoisotopic (exact) mass is 171 g/mol. The lowest BCUT2D eigenvalue weighted by Crippen LogP contribution is -2.57. The third-order valence-corrected chi connectivity index (χ3v) is 3.03. The molecule has 2 nitrogen and oxygen atoms in total. The van der Waals surface area contributed by atoms with Crippen LogP contribution in [0.4, 0.5) is 0 Å². The first kappa shape index (κ1) is 10.0. The third-order valence-electron chi connectivity index (χ3n) is 3.03. The molecular formula is C10H21NO. The topological polar surface area (TPSA) is 12.5 Å². The Balaban J connectivity index is 2.59. The van der Waals surface area contributed by atoms with Crippen LogP contribution in [-0.2, 0) is 4.74 Å². The molecule has 0 amide bonds. The van der Waals surface area contributed by atoms with E-state index in [9.17, 15) is 0 Å². The summed E-state index contributed by atoms with van der Waals surface area (Å²) in [6.07, 6.45) is 1.59. The molecule has 0 aromatic carbocycles. The number of ether oxygens (including phenoxy) is 1. The van der Waals surface area contributed by atoms with Crippen molar-refractivity contribution >= 4 is 0 Å². The Morgan fingerprint density at radius 3 is 2.75 bits per heavy atom. The Bertz CT molecular complexity index is 143. The van der Waals surface area contributed by atoms with Crippen molar-refractivity contribution in [2.24, 2.45) is 0 Å². The summed E-state index contributed by atoms with van der Waals surface area (Å²) in [5.41, 5.74) is 0.217. The van der Waals surface area contributed by atoms with Crippen LogP contribution in [0.25, 0.3) is 0 Å². The van der Waals surface area contributed by atoms with Gasteiger partial charge in [-0.3, -0.25) is 4.90 Å². The second-order valence-corrected chi connectivity index (χ2v) is 4.15. The summed E-state index contributed by atoms with van der Waals surface area (Å²) in [5.74, 6) is 0. The minimum absolute atomic E-state index is 0.217. The first-order valence-corrected chi connectivity index (χ1v) is 4.95. The molecule has 2 heteroatoms. The predicted molar refractivity (Wildman–Crippen MR) is 51.4 cm³/mol. The average molecular weight is 171 g/mol. The fourth-order valence-electron chi connectivity index (χ4n) is 1.76. The first-order chi connectivity index (χ1) is 5.59. The summed E-state index contributed by atoms with van der Waals surface area (Å²) in [6.45, 7) is 12.1. The van der Waals surface area contributed by atoms with E-state index in [4.69, 9.17) is 4.74 Å². The van der Waals surface area contributed by atoms with Crippen LogP contribution < -0.4 is 0 Å². The van der Waals surface area contributed by atoms with Gasteiger partial charge < -0.3 is 4.74 Å². The van der Waals surface area contributed by atoms with E-state index in [1.54, 1.807) is 0 Å². The predicted octanol–water partition coefficient (Wildman–Crippen LogP) is 1.90. The summed E-state index contributed by atoms with van der Waals surface area (Å²) < 4.78 is 5.63. The Kier molecular flexibility index (Phi) is 3.13. The van der Waals surface area contributed by atoms with Gasteiger partial charge >= 0.3 is 0 Å². The highest BCUT2D eigenvalue weighted by Gasteiger charge is 2.35. The molecule has 12 heavy (non-hydrogen) atoms. The SMILES string of the molecule is CCCN1CCOC(C)C1(C)C. The number of rotatable bonds is 2. The van der Waals surface area contributed by atoms with E-state index >= 15 is 0 Å². The minimum Gasteiger partial charge on any atom is -0.375 e. The van der Waals surface area contributed by atoms with Crippen LogP contribution >= 0.6 is 0 Å². The molecule has 0 aromatic rings. The highest BCUT2D eigenvalue weighted by atomic mass is 16.5. The molecule has 1 atom stereocenters. The summed E-state index contributed by atoms with van der Waals surface area (Å²) >= 11 is 0. The van der Waals surface area contributed by atoms with E-state index in [1.807, 2.05) is 0 Å². The second kappa shape index (κ2) is 3.75. The molecule has 0 bridgehead atoms. The van der Waals surface area contributed by atoms with Gasteiger partial charge in [-0.25, -0.2) is 0 Å². The molecule has 1 unspecified atom stereocenters. The van der Waals surface area contributed by atoms with E-state index in [-0.39, 0.29) is 5.54 Å². The Morgan fingerprint density at radius 2 is 2.17 bits per heavy atom. The molecule has 0 spiro atoms. The molecule has 1 heterocycles. The third kappa shape index (κ3) is 1.80. The van der Waals surface area contributed by atoms with E-state index in [2.05, 4.69) is 32.6 Å². The maximum atomic E-state index is 5.63. The fourth-order valence-corrected chi connectivity index (χ4v) is 1.76. The van der Waals surface area contributed by atoms with Crippen molar-refractivity contribution in [3.63, 3.8) is 0 Å². The number of nitrogens with zero attached hydrogens (tertiary/aromatic N) is 1. The fraction of sp³-hybridized carbons (Fsp3) is 1.00. The largest absolute Gasteiger partial charge is 0.375 e. The standard InChI is InChI=1S/C10H21NO/c1-5-6-11-7-8-12-9(2)10(11,3)4/h9H,5-8H2,1-4H3. The lowest BCUT2D eigenvalue weighted by molar-refractivity contribution is -0.103. The molecule has 0 aliphatic carbocycles. The minimum atomic E-state index is 0.217. The van der Waals surface area contributed by atoms with Gasteiger partial charge in [-0.05, 0) is 33.7 Å². The van der Waals surface area contributed by atoms with Crippen LogP contribution in [0.1, 0.15) is 34.1 Å². The maximum absolute atomic E-state index is 5.63. The molecule has 1 aliphatic heterocycles. The molecular weight excluding hydrogens is 150 g/mol. The maximum Gasteiger partial charge on any atom is 0.0725 e. The van der Waals surface area contributed by atoms with E-state index in [0.717, 1.165) is 13.2 Å². The molecule has 0 N–H and O–H groups in total. The molecule has 1 fully saturated rings. The summed E-state index contributed by atoms with van der Waals surface area (Å²) in [7, 11) is 0. The van der Waals surface area contributed by atoms with Crippen molar-refractivity contribution in [3.05, 3.63) is 0 Å². The number of hydrogen-bond donors (Lipinski definition) is 0. The molecule has 0 aromatic heterocycles. The number of hydrogen-bond acceptors (Lipinski definition) is 2. The van der Waals surface area contributed by atoms with E-state index < -0.39 is 0 Å². The van der Waals surface area contributed by atoms with Crippen molar-refractivity contribution < 1.29 is 4.74 Å². The van der Waals surface area contributed by atoms with Crippen molar-refractivity contribution in [3.8, 4) is 0 Å². The Labute approximate surface area is 75.9 Å². The quantitative estimate of drug-likeness (QED) is 0.629. The first-order valence-electron chi connectivity index (χ1n) is 4.95. The van der Waals surface area contributed by atoms with E-state index in [0.29, 0.717) is 6.10 Å². The highest BCUT2D eigenvalue weighted by molar-refractivity contribution is 4.90. The van der Waals surface area contributed by atoms with Crippen LogP contribution in [0.3, 0.4) is 0 Å². The van der Waals surface area contributed by atoms with Crippen molar-refractivity contribution in [1.29, 1.82) is 0 Å². The molecule has 1 rings (SSSR count). The van der Waals surface area contributed by atoms with Gasteiger partial charge in [0.05, 0.1) is 12.7 Å². The van der Waals surface area contributed by atoms with Crippen LogP contribution in [0.15, 0.2) is 0 Å². The lowest BCUT2D eigenvalue weighted by Gasteiger charge is -2.46. The van der Waals surface area contributed by atoms with Crippen molar-refractivity contribution in [2.45, 2.75) is 45.8 Å². The Morgan fingerprint density at radius 1 is 1.50 bits per heavy atom. The van der Waals surface area contributed by atoms with Gasteiger partial charge in [0.1, 0.15) is 0 Å². The van der Waals surface area contributed by atoms with Crippen molar-refractivity contribution in [1.82, 2.24) is 4.90 Å². The van der Waals surface area contributed by atoms with Gasteiger partial charge in [0, 0.05) is 12.1 Å². The molecule has 1 aliphatic rings. The smallest absolute Gasteiger partial charge is 0.0725 e. The number of morpholine rings is 1. The Hall–Kier alpha value is -0.0800. The zero-order chi connectivity index (χ0) is 9.19. The van der Waals surface area contributed by atoms with Gasteiger partial charge in [0.2, 0.25) is 0 Å². The van der Waals surface area contributed by atoms with Gasteiger partial charge in [-0.1, -0.05) is 6.92 Å². The van der Waals surface area contributed by atoms with Crippen LogP contribution in [0, 0.1) is 0 Å². The van der Waals surface area contributed by atoms with Gasteiger partial charge in [-0.15, -0.1) is 0 Å². The van der Waals surface area contributed by atoms with Gasteiger partial charge in [0.25, 0.3) is 0 Å². The van der Waals surface area contributed by atoms with Crippen LogP contribution in [0.2, 0.25) is 0 Å². The molecule has 0 radical (unpaired) electrons. The molecule has 0 saturated carbocycles. The molecule has 1 saturated heterocycles. The zero-order valence-corrected chi connectivity index (χ0v) is 8.76. The summed E-state index contributed by atoms with van der Waals surface area (Å²) in [4.78, 5) is 2.53. The van der Waals surface area contributed by atoms with E-state index in [1.165, 1.54) is 13.0 Å². The average Bonchev–Trinajstić information content (AvgIpc) is 2.00. The van der Waals surface area contributed by atoms with Crippen LogP contribution in [0.5, 0.6) is 0 Å². The van der Waals surface area contributed by atoms with Crippen LogP contribution in [-0.4, -0.2) is 36.2 Å². The molecule has 72 valence electrons. The summed E-state index contributed by atoms with van der Waals surface area (Å²) in [5, 5.41) is 0. The van der Waals surface area contributed by atoms with Gasteiger partial charge in [0.15, 0.2) is 0 Å². The highest BCUT2D eigenvalue weighted by Crippen LogP contribution is 2.25. The zero-order valence-electron chi connectivity index (χ0n) is 8.76. The lowest BCUT2D eigenvalue weighted by atomic mass is 9.94. The summed E-state index contributed by atoms with van der Waals surface area (Å²) in [6, 6.07) is 0. The normalized spacial score (nSPS) is 30.5.